The average molecular weight is 1820 g/mol. The number of phenols is 2. The van der Waals surface area contributed by atoms with Crippen LogP contribution in [0.3, 0.4) is 0 Å². The topological polar surface area (TPSA) is 500 Å². The van der Waals surface area contributed by atoms with E-state index in [1.807, 2.05) is 6.92 Å². The van der Waals surface area contributed by atoms with Gasteiger partial charge in [0.1, 0.15) is 90.0 Å². The quantitative estimate of drug-likeness (QED) is 0.0464. The predicted molar refractivity (Wildman–Crippen MR) is 487 cm³/mol. The Morgan fingerprint density at radius 2 is 0.924 bits per heavy atom. The number of aromatic amines is 1. The number of hydrogen-bond acceptors (Lipinski definition) is 19. The van der Waals surface area contributed by atoms with Crippen LogP contribution in [0.5, 0.6) is 11.5 Å². The number of carboxylic acid groups (broad SMARTS) is 1. The van der Waals surface area contributed by atoms with Crippen molar-refractivity contribution in [2.75, 3.05) is 52.3 Å². The third-order valence-corrected chi connectivity index (χ3v) is 24.7. The molecule has 15 amide bonds. The van der Waals surface area contributed by atoms with Crippen LogP contribution in [0.1, 0.15) is 119 Å². The summed E-state index contributed by atoms with van der Waals surface area (Å²) in [6.45, 7) is 5.91. The maximum atomic E-state index is 15.7. The Bertz CT molecular complexity index is 5200. The van der Waals surface area contributed by atoms with E-state index in [1.165, 1.54) is 96.2 Å². The van der Waals surface area contributed by atoms with E-state index >= 15 is 47.9 Å². The highest BCUT2D eigenvalue weighted by molar-refractivity contribution is 8.00. The number of carbonyl (C=O) groups is 16. The summed E-state index contributed by atoms with van der Waals surface area (Å²) in [6.07, 6.45) is 0.856. The van der Waals surface area contributed by atoms with Crippen LogP contribution in [0.2, 0.25) is 0 Å². The number of thioether (sulfide) groups is 1. The number of primary amides is 1. The van der Waals surface area contributed by atoms with Crippen LogP contribution in [-0.2, 0) is 115 Å². The molecule has 35 nitrogen and oxygen atoms in total. The van der Waals surface area contributed by atoms with Crippen molar-refractivity contribution in [3.8, 4) is 11.5 Å². The molecule has 13 atom stereocenters. The average Bonchev–Trinajstić information content (AvgIpc) is 1.73. The van der Waals surface area contributed by atoms with Crippen molar-refractivity contribution in [3.05, 3.63) is 203 Å². The first-order valence-corrected chi connectivity index (χ1v) is 45.2. The maximum absolute atomic E-state index is 15.7. The maximum Gasteiger partial charge on any atom is 0.305 e. The first kappa shape index (κ1) is 99.5. The minimum atomic E-state index is -1.88. The van der Waals surface area contributed by atoms with Gasteiger partial charge in [-0.25, -0.2) is 0 Å². The monoisotopic (exact) mass is 1820 g/mol. The molecule has 0 aliphatic carbocycles. The number of aliphatic carboxylic acids is 1. The molecule has 4 heterocycles. The zero-order valence-corrected chi connectivity index (χ0v) is 75.3. The molecule has 0 saturated carbocycles. The highest BCUT2D eigenvalue weighted by Gasteiger charge is 2.46. The van der Waals surface area contributed by atoms with E-state index in [0.29, 0.717) is 57.1 Å². The molecule has 10 rings (SSSR count). The van der Waals surface area contributed by atoms with Crippen LogP contribution in [0.25, 0.3) is 10.9 Å². The van der Waals surface area contributed by atoms with E-state index in [9.17, 15) is 44.1 Å². The van der Waals surface area contributed by atoms with E-state index in [2.05, 4.69) is 52.8 Å². The second-order valence-corrected chi connectivity index (χ2v) is 35.0. The van der Waals surface area contributed by atoms with Gasteiger partial charge in [-0.3, -0.25) is 76.7 Å². The molecule has 36 heteroatoms. The minimum absolute atomic E-state index is 0.0178. The van der Waals surface area contributed by atoms with Crippen LogP contribution in [0.4, 0.5) is 0 Å². The van der Waals surface area contributed by atoms with Crippen molar-refractivity contribution in [2.45, 2.75) is 203 Å². The Hall–Kier alpha value is -13.7. The third-order valence-electron chi connectivity index (χ3n) is 23.7. The Morgan fingerprint density at radius 1 is 0.473 bits per heavy atom. The van der Waals surface area contributed by atoms with Gasteiger partial charge in [0.25, 0.3) is 0 Å². The van der Waals surface area contributed by atoms with Crippen LogP contribution in [0, 0.1) is 5.92 Å². The fourth-order valence-electron chi connectivity index (χ4n) is 16.6. The molecular weight excluding hydrogens is 1700 g/mol. The third kappa shape index (κ3) is 27.9. The lowest BCUT2D eigenvalue weighted by molar-refractivity contribution is -0.152. The minimum Gasteiger partial charge on any atom is -0.508 e. The van der Waals surface area contributed by atoms with Gasteiger partial charge < -0.3 is 98.4 Å². The van der Waals surface area contributed by atoms with Crippen molar-refractivity contribution in [1.82, 2.24) is 77.3 Å². The second-order valence-electron chi connectivity index (χ2n) is 33.9. The summed E-state index contributed by atoms with van der Waals surface area (Å²) in [5, 5.41) is 56.2. The Labute approximate surface area is 764 Å². The molecule has 7 aromatic rings. The number of likely N-dealkylation sites (N-methyl/N-ethyl adjacent to an activating group) is 3. The molecule has 15 N–H and O–H groups in total. The molecule has 3 fully saturated rings. The molecule has 0 bridgehead atoms. The number of fused-ring (bicyclic) bond motifs is 3. The molecule has 0 spiro atoms. The second kappa shape index (κ2) is 47.6. The Morgan fingerprint density at radius 3 is 1.47 bits per heavy atom. The molecule has 0 unspecified atom stereocenters. The number of hydrogen-bond donors (Lipinski definition) is 14. The molecule has 698 valence electrons. The lowest BCUT2D eigenvalue weighted by atomic mass is 9.99. The number of para-hydroxylation sites is 1. The molecule has 1 aromatic heterocycles. The number of H-pyrrole nitrogens is 1. The summed E-state index contributed by atoms with van der Waals surface area (Å²) < 4.78 is 0. The van der Waals surface area contributed by atoms with Gasteiger partial charge in [0.2, 0.25) is 88.6 Å². The zero-order valence-electron chi connectivity index (χ0n) is 74.5. The smallest absolute Gasteiger partial charge is 0.305 e. The number of carbonyl (C=O) groups excluding carboxylic acids is 15. The van der Waals surface area contributed by atoms with E-state index < -0.39 is 192 Å². The van der Waals surface area contributed by atoms with Gasteiger partial charge in [-0.15, -0.1) is 11.8 Å². The summed E-state index contributed by atoms with van der Waals surface area (Å²) in [4.78, 5) is 247. The normalized spacial score (nSPS) is 23.7. The van der Waals surface area contributed by atoms with E-state index in [1.54, 1.807) is 135 Å². The number of nitrogens with one attached hydrogen (secondary N) is 10. The molecule has 3 saturated heterocycles. The van der Waals surface area contributed by atoms with Gasteiger partial charge >= 0.3 is 5.97 Å². The van der Waals surface area contributed by atoms with Gasteiger partial charge in [-0.05, 0) is 115 Å². The van der Waals surface area contributed by atoms with E-state index in [4.69, 9.17) is 5.73 Å². The zero-order chi connectivity index (χ0) is 94.7. The SMILES string of the molecule is CCCC[C@H]1C(=O)N2CCC[C@@H]2C(=O)N[C@@H](CC(=O)O)C(=O)N[C@@H](C)C(=O)N(C)[C@@H](Cc2ccccc2)C(=O)N[C@@H](Cc2ccc(O)cc2)C(=O)N2CCC[C@@H]2C(=O)N[C@@H](Cc2c[nH]c3ccccc23)C(=O)N[C@@H](Cc2ccc(O)cc2)C(=O)N[C@@H](CC(C)C)C(=O)N[C@H](C(=O)NCC(N)=O)CSCC(=O)N[C@@H](Cc2ccccc2)C(=O)N(C)[C@@H](Cc2ccccc2)C(=O)N1C. The van der Waals surface area contributed by atoms with Gasteiger partial charge in [0.15, 0.2) is 0 Å². The van der Waals surface area contributed by atoms with E-state index in [0.717, 1.165) is 16.7 Å². The van der Waals surface area contributed by atoms with Crippen molar-refractivity contribution in [2.24, 2.45) is 11.7 Å². The van der Waals surface area contributed by atoms with Crippen LogP contribution < -0.4 is 53.6 Å². The Kier molecular flexibility index (Phi) is 36.1. The van der Waals surface area contributed by atoms with Crippen LogP contribution in [0.15, 0.2) is 170 Å². The molecule has 131 heavy (non-hydrogen) atoms. The van der Waals surface area contributed by atoms with Crippen molar-refractivity contribution in [1.29, 1.82) is 0 Å². The first-order chi connectivity index (χ1) is 62.6. The molecular formula is C95H118N16O19S. The molecule has 3 aliphatic rings. The number of amides is 15. The number of benzene rings is 6. The molecule has 0 radical (unpaired) electrons. The Balaban J connectivity index is 1.04. The summed E-state index contributed by atoms with van der Waals surface area (Å²) in [5.74, 6) is -16.0. The number of phenolic OH excluding ortho intramolecular Hbond substituents is 2. The van der Waals surface area contributed by atoms with Crippen molar-refractivity contribution >= 4 is 117 Å². The number of carboxylic acids is 1. The number of nitrogens with zero attached hydrogens (tertiary/aromatic N) is 5. The molecule has 6 aromatic carbocycles. The van der Waals surface area contributed by atoms with Gasteiger partial charge in [-0.2, -0.15) is 0 Å². The summed E-state index contributed by atoms with van der Waals surface area (Å²) in [7, 11) is 4.08. The lowest BCUT2D eigenvalue weighted by Crippen LogP contribution is -2.61. The van der Waals surface area contributed by atoms with Crippen LogP contribution >= 0.6 is 11.8 Å². The van der Waals surface area contributed by atoms with Crippen molar-refractivity contribution < 1.29 is 92.0 Å². The van der Waals surface area contributed by atoms with Crippen LogP contribution in [-0.4, -0.2) is 270 Å². The summed E-state index contributed by atoms with van der Waals surface area (Å²) in [5.41, 5.74) is 9.24. The number of rotatable bonds is 22. The molecule has 3 aliphatic heterocycles. The lowest BCUT2D eigenvalue weighted by Gasteiger charge is -2.38. The largest absolute Gasteiger partial charge is 0.508 e. The van der Waals surface area contributed by atoms with E-state index in [-0.39, 0.29) is 113 Å². The van der Waals surface area contributed by atoms with Gasteiger partial charge in [-0.1, -0.05) is 167 Å². The van der Waals surface area contributed by atoms with Crippen molar-refractivity contribution in [3.63, 3.8) is 0 Å². The van der Waals surface area contributed by atoms with Gasteiger partial charge in [0.05, 0.1) is 18.7 Å². The number of aromatic nitrogens is 1. The summed E-state index contributed by atoms with van der Waals surface area (Å²) >= 11 is 0.839. The highest BCUT2D eigenvalue weighted by atomic mass is 32.2. The number of aromatic hydroxyl groups is 2. The summed E-state index contributed by atoms with van der Waals surface area (Å²) in [6, 6.07) is 25.1. The number of unbranched alkanes of at least 4 members (excludes halogenated alkanes) is 1. The predicted octanol–water partition coefficient (Wildman–Crippen LogP) is 2.76. The number of nitrogens with two attached hydrogens (primary N) is 1. The standard InChI is InChI=1S/C95H118N16O19S/c1-8-9-31-77-95(130)111-43-22-33-76(111)89(124)104-71(51-82(116)117)84(119)99-57(4)91(126)108(6)78(48-59-25-15-11-16-26-59)90(125)105-73(47-62-36-40-65(113)41-37-62)93(128)110-42-21-32-75(110)88(123)103-70(50-63-52-97-67-30-20-19-29-66(63)67)87(122)102-69(45-61-34-38-64(112)39-35-61)86(121)101-68(44-56(2)3)85(120)106-74(83(118)98-53-80(96)114)54-131-55-81(115)100-72(46-58-23-13-10-14-24-58)92(127)109(7)79(94(129)107(77)5)49-60-27-17-12-18-28-60/h10-20,23-30,34-41,52,56-57,68-79,97,112-113H,8-9,21-22,31-33,42-51,53-55H2,1-7H3,(H2,96,114)(H,98,118)(H,99,119)(H,100,115)(H,101,121)(H,102,122)(H,103,123)(H,104,124)(H,105,125)(H,106,120)(H,116,117)/t57-,68-,69-,70-,71-,72-,73-,74-,75+,76+,77-,78-,79-/m0/s1. The van der Waals surface area contributed by atoms with Gasteiger partial charge in [0, 0.05) is 95.6 Å². The highest BCUT2D eigenvalue weighted by Crippen LogP contribution is 2.28. The fourth-order valence-corrected chi connectivity index (χ4v) is 17.4. The fraction of sp³-hybridized carbons (Fsp3) is 0.432. The first-order valence-electron chi connectivity index (χ1n) is 44.1.